The fourth-order valence-electron chi connectivity index (χ4n) is 1.39. The summed E-state index contributed by atoms with van der Waals surface area (Å²) in [6.07, 6.45) is 1.76. The monoisotopic (exact) mass is 259 g/mol. The minimum absolute atomic E-state index is 0.0561. The first-order chi connectivity index (χ1) is 9.19. The number of carbonyl (C=O) groups is 2. The van der Waals surface area contributed by atoms with E-state index in [0.717, 1.165) is 0 Å². The molecule has 2 amide bonds. The number of anilines is 2. The van der Waals surface area contributed by atoms with Crippen molar-refractivity contribution in [1.82, 2.24) is 15.4 Å². The van der Waals surface area contributed by atoms with Crippen LogP contribution in [-0.4, -0.2) is 27.2 Å². The van der Waals surface area contributed by atoms with Gasteiger partial charge in [-0.15, -0.1) is 0 Å². The fourth-order valence-corrected chi connectivity index (χ4v) is 1.39. The van der Waals surface area contributed by atoms with Gasteiger partial charge in [0, 0.05) is 17.8 Å². The standard InChI is InChI=1S/C12H13N5O2/c1-2-11(18)14-8-3-5-9(6-4-8)15-12(19)10-7-13-17-16-10/h3-7H,2H2,1H3,(H,14,18)(H,15,19)(H,13,16,17). The van der Waals surface area contributed by atoms with Crippen molar-refractivity contribution < 1.29 is 9.59 Å². The zero-order valence-corrected chi connectivity index (χ0v) is 10.3. The lowest BCUT2D eigenvalue weighted by molar-refractivity contribution is -0.115. The molecule has 1 aromatic carbocycles. The molecule has 0 aliphatic rings. The molecule has 0 atom stereocenters. The van der Waals surface area contributed by atoms with Crippen LogP contribution in [0, 0.1) is 0 Å². The number of hydrogen-bond donors (Lipinski definition) is 3. The summed E-state index contributed by atoms with van der Waals surface area (Å²) in [4.78, 5) is 22.9. The van der Waals surface area contributed by atoms with Gasteiger partial charge >= 0.3 is 0 Å². The van der Waals surface area contributed by atoms with Crippen molar-refractivity contribution in [3.05, 3.63) is 36.2 Å². The van der Waals surface area contributed by atoms with Gasteiger partial charge in [-0.1, -0.05) is 6.92 Å². The van der Waals surface area contributed by atoms with Crippen LogP contribution in [0.15, 0.2) is 30.5 Å². The minimum Gasteiger partial charge on any atom is -0.326 e. The van der Waals surface area contributed by atoms with E-state index < -0.39 is 0 Å². The van der Waals surface area contributed by atoms with Gasteiger partial charge in [0.15, 0.2) is 5.69 Å². The van der Waals surface area contributed by atoms with E-state index >= 15 is 0 Å². The summed E-state index contributed by atoms with van der Waals surface area (Å²) < 4.78 is 0. The zero-order valence-electron chi connectivity index (χ0n) is 10.3. The number of nitrogens with one attached hydrogen (secondary N) is 3. The lowest BCUT2D eigenvalue weighted by Gasteiger charge is -2.06. The second kappa shape index (κ2) is 5.76. The van der Waals surface area contributed by atoms with Crippen LogP contribution >= 0.6 is 0 Å². The molecule has 0 spiro atoms. The lowest BCUT2D eigenvalue weighted by atomic mass is 10.2. The van der Waals surface area contributed by atoms with Crippen LogP contribution < -0.4 is 10.6 Å². The van der Waals surface area contributed by atoms with Gasteiger partial charge in [0.25, 0.3) is 5.91 Å². The topological polar surface area (TPSA) is 99.8 Å². The Morgan fingerprint density at radius 2 is 1.79 bits per heavy atom. The van der Waals surface area contributed by atoms with Crippen molar-refractivity contribution in [3.8, 4) is 0 Å². The van der Waals surface area contributed by atoms with Crippen molar-refractivity contribution >= 4 is 23.2 Å². The molecule has 0 aliphatic heterocycles. The van der Waals surface area contributed by atoms with Crippen LogP contribution in [0.3, 0.4) is 0 Å². The van der Waals surface area contributed by atoms with Gasteiger partial charge in [-0.3, -0.25) is 9.59 Å². The Kier molecular flexibility index (Phi) is 3.87. The fraction of sp³-hybridized carbons (Fsp3) is 0.167. The van der Waals surface area contributed by atoms with E-state index in [9.17, 15) is 9.59 Å². The molecule has 0 radical (unpaired) electrons. The molecular formula is C12H13N5O2. The Morgan fingerprint density at radius 1 is 1.16 bits per heavy atom. The van der Waals surface area contributed by atoms with Gasteiger partial charge in [0.1, 0.15) is 0 Å². The molecule has 0 unspecified atom stereocenters. The molecule has 0 saturated heterocycles. The molecule has 2 rings (SSSR count). The number of rotatable bonds is 4. The van der Waals surface area contributed by atoms with E-state index in [4.69, 9.17) is 0 Å². The number of hydrogen-bond acceptors (Lipinski definition) is 4. The molecule has 1 heterocycles. The van der Waals surface area contributed by atoms with Crippen LogP contribution in [0.25, 0.3) is 0 Å². The smallest absolute Gasteiger partial charge is 0.277 e. The SMILES string of the molecule is CCC(=O)Nc1ccc(NC(=O)c2cn[nH]n2)cc1. The van der Waals surface area contributed by atoms with Gasteiger partial charge in [0.2, 0.25) is 5.91 Å². The third-order valence-corrected chi connectivity index (χ3v) is 2.40. The van der Waals surface area contributed by atoms with E-state index in [-0.39, 0.29) is 17.5 Å². The van der Waals surface area contributed by atoms with Gasteiger partial charge in [-0.25, -0.2) is 0 Å². The second-order valence-electron chi connectivity index (χ2n) is 3.79. The number of amides is 2. The summed E-state index contributed by atoms with van der Waals surface area (Å²) in [6.45, 7) is 1.78. The first-order valence-electron chi connectivity index (χ1n) is 5.76. The number of aromatic amines is 1. The number of carbonyl (C=O) groups excluding carboxylic acids is 2. The van der Waals surface area contributed by atoms with Crippen molar-refractivity contribution in [2.75, 3.05) is 10.6 Å². The molecule has 7 heteroatoms. The Morgan fingerprint density at radius 3 is 2.32 bits per heavy atom. The molecular weight excluding hydrogens is 246 g/mol. The lowest BCUT2D eigenvalue weighted by Crippen LogP contribution is -2.13. The summed E-state index contributed by atoms with van der Waals surface area (Å²) >= 11 is 0. The van der Waals surface area contributed by atoms with E-state index in [0.29, 0.717) is 17.8 Å². The number of benzene rings is 1. The van der Waals surface area contributed by atoms with Crippen LogP contribution in [0.2, 0.25) is 0 Å². The molecule has 0 aliphatic carbocycles. The molecule has 19 heavy (non-hydrogen) atoms. The Balaban J connectivity index is 1.99. The van der Waals surface area contributed by atoms with E-state index in [1.807, 2.05) is 0 Å². The first kappa shape index (κ1) is 12.7. The van der Waals surface area contributed by atoms with Gasteiger partial charge in [-0.2, -0.15) is 15.4 Å². The Bertz CT molecular complexity index is 562. The minimum atomic E-state index is -0.348. The molecule has 3 N–H and O–H groups in total. The molecule has 98 valence electrons. The van der Waals surface area contributed by atoms with Crippen LogP contribution in [-0.2, 0) is 4.79 Å². The molecule has 2 aromatic rings. The number of H-pyrrole nitrogens is 1. The van der Waals surface area contributed by atoms with Gasteiger partial charge in [0.05, 0.1) is 6.20 Å². The number of nitrogens with zero attached hydrogens (tertiary/aromatic N) is 2. The summed E-state index contributed by atoms with van der Waals surface area (Å²) in [5, 5.41) is 15.0. The summed E-state index contributed by atoms with van der Waals surface area (Å²) in [5.41, 5.74) is 1.51. The number of aromatic nitrogens is 3. The molecule has 1 aromatic heterocycles. The Labute approximate surface area is 109 Å². The predicted octanol–water partition coefficient (Wildman–Crippen LogP) is 1.41. The van der Waals surface area contributed by atoms with Crippen molar-refractivity contribution in [2.45, 2.75) is 13.3 Å². The van der Waals surface area contributed by atoms with Crippen molar-refractivity contribution in [1.29, 1.82) is 0 Å². The zero-order chi connectivity index (χ0) is 13.7. The molecule has 7 nitrogen and oxygen atoms in total. The summed E-state index contributed by atoms with van der Waals surface area (Å²) in [7, 11) is 0. The molecule has 0 saturated carbocycles. The van der Waals surface area contributed by atoms with E-state index in [2.05, 4.69) is 26.0 Å². The normalized spacial score (nSPS) is 9.95. The summed E-state index contributed by atoms with van der Waals surface area (Å²) in [5.74, 6) is -0.404. The highest BCUT2D eigenvalue weighted by atomic mass is 16.2. The maximum absolute atomic E-state index is 11.7. The quantitative estimate of drug-likeness (QED) is 0.772. The van der Waals surface area contributed by atoms with Crippen molar-refractivity contribution in [2.24, 2.45) is 0 Å². The average molecular weight is 259 g/mol. The third-order valence-electron chi connectivity index (χ3n) is 2.40. The maximum Gasteiger partial charge on any atom is 0.277 e. The van der Waals surface area contributed by atoms with Crippen LogP contribution in [0.4, 0.5) is 11.4 Å². The maximum atomic E-state index is 11.7. The highest BCUT2D eigenvalue weighted by Gasteiger charge is 2.08. The third kappa shape index (κ3) is 3.38. The van der Waals surface area contributed by atoms with Gasteiger partial charge < -0.3 is 10.6 Å². The first-order valence-corrected chi connectivity index (χ1v) is 5.76. The Hall–Kier alpha value is -2.70. The van der Waals surface area contributed by atoms with Gasteiger partial charge in [-0.05, 0) is 24.3 Å². The van der Waals surface area contributed by atoms with E-state index in [1.165, 1.54) is 6.20 Å². The van der Waals surface area contributed by atoms with Crippen LogP contribution in [0.1, 0.15) is 23.8 Å². The molecule has 0 fully saturated rings. The second-order valence-corrected chi connectivity index (χ2v) is 3.79. The highest BCUT2D eigenvalue weighted by molar-refractivity contribution is 6.02. The van der Waals surface area contributed by atoms with Crippen molar-refractivity contribution in [3.63, 3.8) is 0 Å². The predicted molar refractivity (Wildman–Crippen MR) is 69.7 cm³/mol. The van der Waals surface area contributed by atoms with Crippen LogP contribution in [0.5, 0.6) is 0 Å². The molecule has 0 bridgehead atoms. The van der Waals surface area contributed by atoms with E-state index in [1.54, 1.807) is 31.2 Å². The average Bonchev–Trinajstić information content (AvgIpc) is 2.95. The highest BCUT2D eigenvalue weighted by Crippen LogP contribution is 2.14. The largest absolute Gasteiger partial charge is 0.326 e. The summed E-state index contributed by atoms with van der Waals surface area (Å²) in [6, 6.07) is 6.82.